The number of aromatic nitrogens is 10. The predicted octanol–water partition coefficient (Wildman–Crippen LogP) is 8.94. The van der Waals surface area contributed by atoms with Gasteiger partial charge in [-0.2, -0.15) is 36.5 Å². The zero-order valence-electron chi connectivity index (χ0n) is 49.6. The molecule has 4 aliphatic rings. The van der Waals surface area contributed by atoms with Crippen LogP contribution >= 0.6 is 0 Å². The number of likely N-dealkylation sites (tertiary alicyclic amines) is 1. The Morgan fingerprint density at radius 2 is 1.09 bits per heavy atom. The van der Waals surface area contributed by atoms with Crippen molar-refractivity contribution in [2.75, 3.05) is 75.5 Å². The lowest BCUT2D eigenvalue weighted by molar-refractivity contribution is -0.138. The van der Waals surface area contributed by atoms with Gasteiger partial charge < -0.3 is 37.4 Å². The number of benzene rings is 2. The second kappa shape index (κ2) is 28.0. The number of carbonyl (C=O) groups excluding carboxylic acids is 3. The smallest absolute Gasteiger partial charge is 0.416 e. The third kappa shape index (κ3) is 16.2. The zero-order valence-corrected chi connectivity index (χ0v) is 49.6. The maximum absolute atomic E-state index is 13.1. The molecule has 2 aliphatic carbocycles. The Morgan fingerprint density at radius 3 is 1.53 bits per heavy atom. The summed E-state index contributed by atoms with van der Waals surface area (Å²) in [6.07, 6.45) is 10.6. The van der Waals surface area contributed by atoms with Crippen molar-refractivity contribution in [1.82, 2.24) is 69.5 Å². The molecular formula is C62H66F6N18O5. The highest BCUT2D eigenvalue weighted by Crippen LogP contribution is 2.37. The van der Waals surface area contributed by atoms with E-state index in [2.05, 4.69) is 62.7 Å². The minimum absolute atomic E-state index is 0.0380. The third-order valence-corrected chi connectivity index (χ3v) is 15.9. The van der Waals surface area contributed by atoms with Gasteiger partial charge in [-0.1, -0.05) is 36.4 Å². The molecule has 0 radical (unpaired) electrons. The number of amides is 3. The molecule has 12 rings (SSSR count). The summed E-state index contributed by atoms with van der Waals surface area (Å²) in [6.45, 7) is 4.32. The van der Waals surface area contributed by atoms with E-state index in [4.69, 9.17) is 26.8 Å². The number of halogens is 6. The second-order valence-electron chi connectivity index (χ2n) is 22.5. The van der Waals surface area contributed by atoms with Gasteiger partial charge in [-0.15, -0.1) is 0 Å². The molecule has 3 amide bonds. The van der Waals surface area contributed by atoms with Crippen molar-refractivity contribution in [2.24, 2.45) is 0 Å². The summed E-state index contributed by atoms with van der Waals surface area (Å²) in [5.74, 6) is -1.97. The van der Waals surface area contributed by atoms with Crippen LogP contribution in [0.15, 0.2) is 122 Å². The Balaban J connectivity index is 0.000000175. The molecule has 2 atom stereocenters. The Hall–Kier alpha value is -9.74. The van der Waals surface area contributed by atoms with E-state index in [0.29, 0.717) is 75.6 Å². The van der Waals surface area contributed by atoms with E-state index in [1.54, 1.807) is 53.2 Å². The number of nitrogen functional groups attached to an aromatic ring is 2. The molecule has 91 heavy (non-hydrogen) atoms. The van der Waals surface area contributed by atoms with Crippen LogP contribution in [0, 0.1) is 0 Å². The molecule has 2 aromatic carbocycles. The molecule has 23 nitrogen and oxygen atoms in total. The van der Waals surface area contributed by atoms with Crippen LogP contribution in [0.2, 0.25) is 0 Å². The number of aliphatic carboxylic acids is 1. The maximum Gasteiger partial charge on any atom is 0.416 e. The molecule has 476 valence electrons. The number of hydrogen-bond acceptors (Lipinski definition) is 17. The number of fused-ring (bicyclic) bond motifs is 2. The fourth-order valence-corrected chi connectivity index (χ4v) is 10.7. The molecule has 8 heterocycles. The van der Waals surface area contributed by atoms with Crippen LogP contribution < -0.4 is 27.4 Å². The van der Waals surface area contributed by atoms with Crippen LogP contribution in [0.5, 0.6) is 0 Å². The number of piperidine rings is 2. The number of hydrogen-bond donors (Lipinski definition) is 6. The van der Waals surface area contributed by atoms with Crippen molar-refractivity contribution in [1.29, 1.82) is 0 Å². The molecule has 2 aliphatic heterocycles. The molecular weight excluding hydrogens is 1190 g/mol. The standard InChI is InChI=1S/C31H32F3N9O2.C23H21F3N8O.C8H13NO2/c1-41(22-10-11-22)14-3-5-25(44)42-15-2-4-23(17-42)43-29-26(28(35)37-18-38-29)27(40-43)19-6-8-20(9-7-19)30(45)39-24-16-21(12-13-36-24)31(32,33)34;24-23(25,26)15-7-9-29-17(10-15)32-22(35)14-5-3-13(4-6-14)19-18-20(27)30-12-31-21(18)34(33-19)16-2-1-8-28-11-16;1-9(7-4-5-7)6-2-3-8(10)11/h3,5-9,12-13,16,18,22-23H,2,4,10-11,14-15,17H2,1H3,(H2,35,37,38)(H,36,39,45);3-7,9-10,12,16,28H,1-2,8,11H2,(H2,27,30,31)(H,29,32,35);2-3,7H,4-6H2,1H3,(H,10,11)/b5-3+;;3-2+/t23-;16-;/m11./s1. The van der Waals surface area contributed by atoms with Crippen LogP contribution in [0.3, 0.4) is 0 Å². The van der Waals surface area contributed by atoms with Crippen LogP contribution in [0.4, 0.5) is 49.6 Å². The van der Waals surface area contributed by atoms with Gasteiger partial charge in [0.15, 0.2) is 11.3 Å². The molecule has 0 spiro atoms. The number of carboxylic acid groups (broad SMARTS) is 1. The van der Waals surface area contributed by atoms with Gasteiger partial charge >= 0.3 is 18.3 Å². The van der Waals surface area contributed by atoms with Crippen molar-refractivity contribution >= 4 is 69.0 Å². The monoisotopic (exact) mass is 1260 g/mol. The fourth-order valence-electron chi connectivity index (χ4n) is 10.7. The van der Waals surface area contributed by atoms with Crippen molar-refractivity contribution in [3.8, 4) is 22.5 Å². The lowest BCUT2D eigenvalue weighted by atomic mass is 10.1. The number of nitrogens with two attached hydrogens (primary N) is 2. The van der Waals surface area contributed by atoms with Crippen molar-refractivity contribution < 1.29 is 50.6 Å². The molecule has 4 fully saturated rings. The molecule has 29 heteroatoms. The first-order chi connectivity index (χ1) is 43.6. The normalized spacial score (nSPS) is 17.1. The van der Waals surface area contributed by atoms with E-state index in [-0.39, 0.29) is 46.6 Å². The fraction of sp³-hybridized carbons (Fsp3) is 0.355. The van der Waals surface area contributed by atoms with Crippen LogP contribution in [0.25, 0.3) is 44.6 Å². The number of pyridine rings is 2. The van der Waals surface area contributed by atoms with E-state index >= 15 is 0 Å². The molecule has 2 saturated heterocycles. The summed E-state index contributed by atoms with van der Waals surface area (Å²) in [4.78, 5) is 79.5. The molecule has 6 aromatic heterocycles. The van der Waals surface area contributed by atoms with Gasteiger partial charge in [0, 0.05) is 91.6 Å². The van der Waals surface area contributed by atoms with Gasteiger partial charge in [-0.25, -0.2) is 44.1 Å². The number of carboxylic acids is 1. The molecule has 0 unspecified atom stereocenters. The minimum Gasteiger partial charge on any atom is -0.478 e. The predicted molar refractivity (Wildman–Crippen MR) is 328 cm³/mol. The zero-order chi connectivity index (χ0) is 64.6. The molecule has 8 N–H and O–H groups in total. The topological polar surface area (TPSA) is 299 Å². The summed E-state index contributed by atoms with van der Waals surface area (Å²) in [5.41, 5.74) is 14.7. The number of nitrogens with zero attached hydrogens (tertiary/aromatic N) is 13. The number of carbonyl (C=O) groups is 4. The lowest BCUT2D eigenvalue weighted by Gasteiger charge is -2.32. The SMILES string of the molecule is CN(C/C=C/C(=O)N1CCC[C@@H](n2nc(-c3ccc(C(=O)Nc4cc(C(F)(F)F)ccn4)cc3)c3c(N)ncnc32)C1)C1CC1.CN(C/C=C/C(=O)O)C1CC1.Nc1ncnc2c1c(-c1ccc(C(=O)Nc3cc(C(F)(F)F)ccn3)cc1)nn2[C@@H]1CCCNC1. The first-order valence-corrected chi connectivity index (χ1v) is 29.4. The highest BCUT2D eigenvalue weighted by atomic mass is 19.4. The molecule has 8 aromatic rings. The van der Waals surface area contributed by atoms with E-state index in [0.717, 1.165) is 88.5 Å². The summed E-state index contributed by atoms with van der Waals surface area (Å²) < 4.78 is 81.6. The first-order valence-electron chi connectivity index (χ1n) is 29.4. The minimum atomic E-state index is -4.56. The maximum atomic E-state index is 13.1. The average molecular weight is 1260 g/mol. The highest BCUT2D eigenvalue weighted by molar-refractivity contribution is 6.06. The second-order valence-corrected chi connectivity index (χ2v) is 22.5. The quantitative estimate of drug-likeness (QED) is 0.0388. The van der Waals surface area contributed by atoms with Crippen molar-refractivity contribution in [3.63, 3.8) is 0 Å². The van der Waals surface area contributed by atoms with Gasteiger partial charge in [-0.3, -0.25) is 24.2 Å². The lowest BCUT2D eigenvalue weighted by Crippen LogP contribution is -2.40. The molecule has 2 saturated carbocycles. The van der Waals surface area contributed by atoms with Gasteiger partial charge in [0.2, 0.25) is 5.91 Å². The Labute approximate surface area is 517 Å². The summed E-state index contributed by atoms with van der Waals surface area (Å²) in [5, 5.41) is 27.3. The van der Waals surface area contributed by atoms with Crippen molar-refractivity contribution in [2.45, 2.75) is 87.9 Å². The van der Waals surface area contributed by atoms with Gasteiger partial charge in [0.1, 0.15) is 47.3 Å². The first kappa shape index (κ1) is 64.3. The number of rotatable bonds is 16. The van der Waals surface area contributed by atoms with E-state index < -0.39 is 41.3 Å². The number of alkyl halides is 6. The third-order valence-electron chi connectivity index (χ3n) is 15.9. The van der Waals surface area contributed by atoms with Gasteiger partial charge in [0.05, 0.1) is 34.0 Å². The van der Waals surface area contributed by atoms with Gasteiger partial charge in [-0.05, 0) is 121 Å². The Kier molecular flexibility index (Phi) is 19.7. The van der Waals surface area contributed by atoms with E-state index in [1.807, 2.05) is 22.7 Å². The highest BCUT2D eigenvalue weighted by Gasteiger charge is 2.34. The summed E-state index contributed by atoms with van der Waals surface area (Å²) in [7, 11) is 4.09. The Bertz CT molecular complexity index is 3970. The summed E-state index contributed by atoms with van der Waals surface area (Å²) in [6, 6.07) is 17.5. The number of anilines is 4. The van der Waals surface area contributed by atoms with Crippen molar-refractivity contribution in [3.05, 3.63) is 144 Å². The number of nitrogens with one attached hydrogen (secondary N) is 3. The largest absolute Gasteiger partial charge is 0.478 e. The summed E-state index contributed by atoms with van der Waals surface area (Å²) >= 11 is 0. The van der Waals surface area contributed by atoms with Crippen LogP contribution in [0.1, 0.15) is 95.3 Å². The van der Waals surface area contributed by atoms with E-state index in [1.165, 1.54) is 56.5 Å². The molecule has 0 bridgehead atoms. The van der Waals surface area contributed by atoms with Crippen LogP contribution in [-0.4, -0.2) is 158 Å². The number of likely N-dealkylation sites (N-methyl/N-ethyl adjacent to an activating group) is 2. The average Bonchev–Trinajstić information content (AvgIpc) is 1.67. The van der Waals surface area contributed by atoms with Gasteiger partial charge in [0.25, 0.3) is 11.8 Å². The Morgan fingerprint density at radius 1 is 0.626 bits per heavy atom. The van der Waals surface area contributed by atoms with E-state index in [9.17, 15) is 45.5 Å². The van der Waals surface area contributed by atoms with Crippen LogP contribution in [-0.2, 0) is 21.9 Å².